The van der Waals surface area contributed by atoms with Gasteiger partial charge >= 0.3 is 0 Å². The van der Waals surface area contributed by atoms with E-state index < -0.39 is 0 Å². The fraction of sp³-hybridized carbons (Fsp3) is 0.158. The molecule has 0 saturated heterocycles. The van der Waals surface area contributed by atoms with Gasteiger partial charge in [-0.1, -0.05) is 19.1 Å². The number of H-pyrrole nitrogens is 1. The Morgan fingerprint density at radius 3 is 2.93 bits per heavy atom. The highest BCUT2D eigenvalue weighted by atomic mass is 32.1. The van der Waals surface area contributed by atoms with Crippen LogP contribution in [0.25, 0.3) is 16.7 Å². The summed E-state index contributed by atoms with van der Waals surface area (Å²) in [6.45, 7) is 4.09. The molecule has 0 atom stereocenters. The zero-order valence-corrected chi connectivity index (χ0v) is 15.6. The first kappa shape index (κ1) is 17.2. The number of para-hydroxylation sites is 2. The summed E-state index contributed by atoms with van der Waals surface area (Å²) in [6.07, 6.45) is 3.71. The third kappa shape index (κ3) is 3.04. The number of anilines is 1. The third-order valence-electron chi connectivity index (χ3n) is 4.32. The average molecular weight is 379 g/mol. The van der Waals surface area contributed by atoms with Gasteiger partial charge in [0.25, 0.3) is 11.5 Å². The van der Waals surface area contributed by atoms with Gasteiger partial charge in [-0.25, -0.2) is 9.67 Å². The summed E-state index contributed by atoms with van der Waals surface area (Å²) in [4.78, 5) is 33.3. The van der Waals surface area contributed by atoms with Crippen LogP contribution in [0.15, 0.2) is 47.7 Å². The van der Waals surface area contributed by atoms with Crippen LogP contribution in [0.3, 0.4) is 0 Å². The molecule has 0 aliphatic rings. The molecule has 1 amide bonds. The largest absolute Gasteiger partial charge is 0.319 e. The van der Waals surface area contributed by atoms with Crippen molar-refractivity contribution in [1.29, 1.82) is 0 Å². The van der Waals surface area contributed by atoms with Crippen LogP contribution in [-0.4, -0.2) is 25.7 Å². The number of rotatable bonds is 4. The lowest BCUT2D eigenvalue weighted by molar-refractivity contribution is 0.103. The highest BCUT2D eigenvalue weighted by Crippen LogP contribution is 2.26. The number of benzene rings is 1. The van der Waals surface area contributed by atoms with Crippen molar-refractivity contribution in [3.63, 3.8) is 0 Å². The van der Waals surface area contributed by atoms with Crippen LogP contribution in [-0.2, 0) is 6.42 Å². The Morgan fingerprint density at radius 1 is 1.33 bits per heavy atom. The van der Waals surface area contributed by atoms with Gasteiger partial charge in [-0.05, 0) is 37.1 Å². The molecule has 0 fully saturated rings. The van der Waals surface area contributed by atoms with Crippen LogP contribution in [0, 0.1) is 6.92 Å². The summed E-state index contributed by atoms with van der Waals surface area (Å²) in [5.74, 6) is -0.169. The van der Waals surface area contributed by atoms with Crippen LogP contribution in [0.1, 0.15) is 27.0 Å². The summed E-state index contributed by atoms with van der Waals surface area (Å²) in [5, 5.41) is 7.63. The second kappa shape index (κ2) is 6.81. The number of aromatic nitrogens is 4. The molecule has 0 unspecified atom stereocenters. The van der Waals surface area contributed by atoms with Crippen LogP contribution in [0.4, 0.5) is 5.69 Å². The normalized spacial score (nSPS) is 11.0. The van der Waals surface area contributed by atoms with E-state index >= 15 is 0 Å². The Labute approximate surface area is 158 Å². The first-order valence-electron chi connectivity index (χ1n) is 8.50. The van der Waals surface area contributed by atoms with E-state index in [-0.39, 0.29) is 11.5 Å². The Morgan fingerprint density at radius 2 is 2.15 bits per heavy atom. The van der Waals surface area contributed by atoms with E-state index in [4.69, 9.17) is 0 Å². The van der Waals surface area contributed by atoms with Crippen molar-refractivity contribution < 1.29 is 4.79 Å². The van der Waals surface area contributed by atoms with E-state index in [0.29, 0.717) is 27.3 Å². The first-order valence-corrected chi connectivity index (χ1v) is 9.31. The number of nitrogens with one attached hydrogen (secondary N) is 2. The number of carbonyl (C=O) groups excluding carboxylic acids is 1. The molecule has 0 radical (unpaired) electrons. The molecule has 0 bridgehead atoms. The predicted octanol–water partition coefficient (Wildman–Crippen LogP) is 3.29. The van der Waals surface area contributed by atoms with Gasteiger partial charge in [-0.15, -0.1) is 11.3 Å². The number of amides is 1. The van der Waals surface area contributed by atoms with Gasteiger partial charge in [0.1, 0.15) is 5.39 Å². The number of aryl methyl sites for hydroxylation is 2. The molecule has 3 heterocycles. The highest BCUT2D eigenvalue weighted by molar-refractivity contribution is 7.14. The molecular formula is C19H17N5O2S. The van der Waals surface area contributed by atoms with E-state index in [0.717, 1.165) is 12.0 Å². The smallest absolute Gasteiger partial charge is 0.265 e. The minimum absolute atomic E-state index is 0.169. The van der Waals surface area contributed by atoms with E-state index in [1.807, 2.05) is 31.2 Å². The van der Waals surface area contributed by atoms with Crippen molar-refractivity contribution in [3.8, 4) is 5.69 Å². The van der Waals surface area contributed by atoms with Gasteiger partial charge in [0, 0.05) is 4.88 Å². The fourth-order valence-corrected chi connectivity index (χ4v) is 3.97. The Bertz CT molecular complexity index is 1200. The molecule has 3 aromatic heterocycles. The topological polar surface area (TPSA) is 92.7 Å². The minimum atomic E-state index is -0.256. The number of thiophene rings is 1. The minimum Gasteiger partial charge on any atom is -0.319 e. The van der Waals surface area contributed by atoms with Crippen molar-refractivity contribution in [2.24, 2.45) is 0 Å². The van der Waals surface area contributed by atoms with E-state index in [9.17, 15) is 9.59 Å². The second-order valence-electron chi connectivity index (χ2n) is 6.07. The van der Waals surface area contributed by atoms with E-state index in [2.05, 4.69) is 27.3 Å². The Balaban J connectivity index is 1.74. The zero-order valence-electron chi connectivity index (χ0n) is 14.8. The molecule has 136 valence electrons. The van der Waals surface area contributed by atoms with Gasteiger partial charge in [-0.2, -0.15) is 5.10 Å². The number of carbonyl (C=O) groups is 1. The van der Waals surface area contributed by atoms with Crippen LogP contribution >= 0.6 is 11.3 Å². The maximum Gasteiger partial charge on any atom is 0.265 e. The van der Waals surface area contributed by atoms with Crippen molar-refractivity contribution >= 4 is 34.0 Å². The molecule has 0 spiro atoms. The second-order valence-corrected chi connectivity index (χ2v) is 7.20. The molecule has 2 N–H and O–H groups in total. The maximum absolute atomic E-state index is 12.7. The highest BCUT2D eigenvalue weighted by Gasteiger charge is 2.16. The van der Waals surface area contributed by atoms with Crippen molar-refractivity contribution in [3.05, 3.63) is 68.5 Å². The van der Waals surface area contributed by atoms with Crippen LogP contribution in [0.5, 0.6) is 0 Å². The van der Waals surface area contributed by atoms with E-state index in [1.54, 1.807) is 10.7 Å². The number of hydrogen-bond donors (Lipinski definition) is 2. The van der Waals surface area contributed by atoms with Gasteiger partial charge in [0.2, 0.25) is 0 Å². The molecule has 8 heteroatoms. The lowest BCUT2D eigenvalue weighted by Crippen LogP contribution is -2.13. The fourth-order valence-electron chi connectivity index (χ4n) is 2.96. The number of aromatic amines is 1. The molecule has 27 heavy (non-hydrogen) atoms. The van der Waals surface area contributed by atoms with Crippen molar-refractivity contribution in [1.82, 2.24) is 19.7 Å². The SMILES string of the molecule is CCc1sc(C(=O)Nc2ccccc2-n2ncc3c(=O)[nH]cnc32)cc1C. The van der Waals surface area contributed by atoms with Gasteiger partial charge in [-0.3, -0.25) is 9.59 Å². The summed E-state index contributed by atoms with van der Waals surface area (Å²) in [5.41, 5.74) is 2.54. The van der Waals surface area contributed by atoms with Crippen molar-refractivity contribution in [2.75, 3.05) is 5.32 Å². The maximum atomic E-state index is 12.7. The molecule has 0 aliphatic heterocycles. The lowest BCUT2D eigenvalue weighted by Gasteiger charge is -2.11. The molecule has 4 rings (SSSR count). The van der Waals surface area contributed by atoms with Crippen LogP contribution in [0.2, 0.25) is 0 Å². The van der Waals surface area contributed by atoms with E-state index in [1.165, 1.54) is 28.7 Å². The Hall–Kier alpha value is -3.26. The Kier molecular flexibility index (Phi) is 4.33. The molecule has 1 aromatic carbocycles. The summed E-state index contributed by atoms with van der Waals surface area (Å²) in [6, 6.07) is 9.21. The third-order valence-corrected chi connectivity index (χ3v) is 5.70. The van der Waals surface area contributed by atoms with Crippen LogP contribution < -0.4 is 10.9 Å². The average Bonchev–Trinajstić information content (AvgIpc) is 3.26. The molecule has 0 aliphatic carbocycles. The lowest BCUT2D eigenvalue weighted by atomic mass is 10.2. The predicted molar refractivity (Wildman–Crippen MR) is 106 cm³/mol. The summed E-state index contributed by atoms with van der Waals surface area (Å²) >= 11 is 1.50. The molecule has 7 nitrogen and oxygen atoms in total. The standard InChI is InChI=1S/C19H17N5O2S/c1-3-15-11(2)8-16(27-15)19(26)23-13-6-4-5-7-14(13)24-17-12(9-22-24)18(25)21-10-20-17/h4-10H,3H2,1-2H3,(H,23,26)(H,20,21,25). The zero-order chi connectivity index (χ0) is 19.0. The quantitative estimate of drug-likeness (QED) is 0.569. The monoisotopic (exact) mass is 379 g/mol. The summed E-state index contributed by atoms with van der Waals surface area (Å²) < 4.78 is 1.55. The van der Waals surface area contributed by atoms with Gasteiger partial charge < -0.3 is 10.3 Å². The summed E-state index contributed by atoms with van der Waals surface area (Å²) in [7, 11) is 0. The first-order chi connectivity index (χ1) is 13.1. The van der Waals surface area contributed by atoms with Gasteiger partial charge in [0.05, 0.1) is 28.8 Å². The number of hydrogen-bond acceptors (Lipinski definition) is 5. The number of fused-ring (bicyclic) bond motifs is 1. The van der Waals surface area contributed by atoms with Gasteiger partial charge in [0.15, 0.2) is 5.65 Å². The molecule has 4 aromatic rings. The number of nitrogens with zero attached hydrogens (tertiary/aromatic N) is 3. The molecular weight excluding hydrogens is 362 g/mol. The molecule has 0 saturated carbocycles. The van der Waals surface area contributed by atoms with Crippen molar-refractivity contribution in [2.45, 2.75) is 20.3 Å².